The number of aliphatic carboxylic acids is 1. The minimum absolute atomic E-state index is 0.0232. The number of allylic oxidation sites excluding steroid dienone is 1. The molecule has 0 fully saturated rings. The number of nitrogens with two attached hydrogens (primary N) is 1. The van der Waals surface area contributed by atoms with Gasteiger partial charge in [-0.15, -0.1) is 0 Å². The fraction of sp³-hybridized carbons (Fsp3) is 0.667. The molecule has 1 unspecified atom stereocenters. The molecule has 0 rings (SSSR count). The third kappa shape index (κ3) is 5.92. The number of carboxylic acids is 1. The molecule has 0 bridgehead atoms. The van der Waals surface area contributed by atoms with Gasteiger partial charge >= 0.3 is 5.97 Å². The van der Waals surface area contributed by atoms with Gasteiger partial charge in [-0.2, -0.15) is 0 Å². The first-order valence-corrected chi connectivity index (χ1v) is 4.16. The topological polar surface area (TPSA) is 63.3 Å². The number of hydrogen-bond donors (Lipinski definition) is 2. The Morgan fingerprint density at radius 3 is 2.42 bits per heavy atom. The summed E-state index contributed by atoms with van der Waals surface area (Å²) in [5.74, 6) is -0.364. The van der Waals surface area contributed by atoms with Gasteiger partial charge in [0.25, 0.3) is 0 Å². The van der Waals surface area contributed by atoms with E-state index in [-0.39, 0.29) is 12.3 Å². The quantitative estimate of drug-likeness (QED) is 0.612. The fourth-order valence-electron chi connectivity index (χ4n) is 0.834. The van der Waals surface area contributed by atoms with Crippen molar-refractivity contribution in [1.82, 2.24) is 0 Å². The lowest BCUT2D eigenvalue weighted by Gasteiger charge is -2.06. The summed E-state index contributed by atoms with van der Waals surface area (Å²) < 4.78 is 0. The maximum absolute atomic E-state index is 10.3. The van der Waals surface area contributed by atoms with Crippen molar-refractivity contribution in [2.45, 2.75) is 20.3 Å². The molecule has 0 spiro atoms. The zero-order valence-electron chi connectivity index (χ0n) is 7.66. The SMILES string of the molecule is CC(C)/C=C\C(CN)CC(=O)O. The van der Waals surface area contributed by atoms with Crippen LogP contribution in [-0.4, -0.2) is 17.6 Å². The van der Waals surface area contributed by atoms with Crippen LogP contribution in [0, 0.1) is 11.8 Å². The first kappa shape index (κ1) is 11.2. The molecule has 0 heterocycles. The van der Waals surface area contributed by atoms with Crippen molar-refractivity contribution in [2.75, 3.05) is 6.54 Å². The average Bonchev–Trinajstić information content (AvgIpc) is 1.97. The fourth-order valence-corrected chi connectivity index (χ4v) is 0.834. The van der Waals surface area contributed by atoms with Crippen LogP contribution in [0.25, 0.3) is 0 Å². The summed E-state index contributed by atoms with van der Waals surface area (Å²) >= 11 is 0. The summed E-state index contributed by atoms with van der Waals surface area (Å²) in [4.78, 5) is 10.3. The Morgan fingerprint density at radius 1 is 1.50 bits per heavy atom. The highest BCUT2D eigenvalue weighted by Crippen LogP contribution is 2.05. The van der Waals surface area contributed by atoms with E-state index in [0.717, 1.165) is 0 Å². The van der Waals surface area contributed by atoms with Gasteiger partial charge in [-0.05, 0) is 18.4 Å². The Morgan fingerprint density at radius 2 is 2.08 bits per heavy atom. The summed E-state index contributed by atoms with van der Waals surface area (Å²) in [6.45, 7) is 4.49. The van der Waals surface area contributed by atoms with Gasteiger partial charge < -0.3 is 10.8 Å². The van der Waals surface area contributed by atoms with E-state index in [1.807, 2.05) is 26.0 Å². The van der Waals surface area contributed by atoms with Crippen LogP contribution in [0.4, 0.5) is 0 Å². The van der Waals surface area contributed by atoms with Gasteiger partial charge in [0.15, 0.2) is 0 Å². The summed E-state index contributed by atoms with van der Waals surface area (Å²) in [6, 6.07) is 0. The van der Waals surface area contributed by atoms with Crippen molar-refractivity contribution < 1.29 is 9.90 Å². The molecule has 0 aliphatic carbocycles. The average molecular weight is 171 g/mol. The number of rotatable bonds is 5. The van der Waals surface area contributed by atoms with Crippen LogP contribution in [0.1, 0.15) is 20.3 Å². The van der Waals surface area contributed by atoms with Gasteiger partial charge in [0.05, 0.1) is 6.42 Å². The van der Waals surface area contributed by atoms with Gasteiger partial charge in [0.1, 0.15) is 0 Å². The molecule has 0 radical (unpaired) electrons. The van der Waals surface area contributed by atoms with Crippen molar-refractivity contribution in [3.05, 3.63) is 12.2 Å². The Bertz CT molecular complexity index is 164. The third-order valence-electron chi connectivity index (χ3n) is 1.51. The molecular formula is C9H17NO2. The molecule has 3 heteroatoms. The van der Waals surface area contributed by atoms with Crippen LogP contribution in [0.15, 0.2) is 12.2 Å². The second-order valence-corrected chi connectivity index (χ2v) is 3.22. The van der Waals surface area contributed by atoms with E-state index in [0.29, 0.717) is 12.5 Å². The summed E-state index contributed by atoms with van der Waals surface area (Å²) in [5.41, 5.74) is 5.39. The predicted octanol–water partition coefficient (Wildman–Crippen LogP) is 1.25. The molecule has 0 amide bonds. The summed E-state index contributed by atoms with van der Waals surface area (Å²) in [5, 5.41) is 8.49. The van der Waals surface area contributed by atoms with Crippen LogP contribution < -0.4 is 5.73 Å². The number of carboxylic acid groups (broad SMARTS) is 1. The van der Waals surface area contributed by atoms with Crippen LogP contribution in [0.2, 0.25) is 0 Å². The van der Waals surface area contributed by atoms with Gasteiger partial charge in [-0.25, -0.2) is 0 Å². The van der Waals surface area contributed by atoms with E-state index in [9.17, 15) is 4.79 Å². The Labute approximate surface area is 73.3 Å². The van der Waals surface area contributed by atoms with Crippen molar-refractivity contribution in [2.24, 2.45) is 17.6 Å². The lowest BCUT2D eigenvalue weighted by Crippen LogP contribution is -2.16. The standard InChI is InChI=1S/C9H17NO2/c1-7(2)3-4-8(6-10)5-9(11)12/h3-4,7-8H,5-6,10H2,1-2H3,(H,11,12)/b4-3-. The second kappa shape index (κ2) is 5.77. The lowest BCUT2D eigenvalue weighted by molar-refractivity contribution is -0.137. The van der Waals surface area contributed by atoms with Crippen LogP contribution >= 0.6 is 0 Å². The molecule has 0 aromatic carbocycles. The van der Waals surface area contributed by atoms with Crippen molar-refractivity contribution in [3.8, 4) is 0 Å². The predicted molar refractivity (Wildman–Crippen MR) is 48.8 cm³/mol. The molecule has 1 atom stereocenters. The molecule has 0 aromatic heterocycles. The smallest absolute Gasteiger partial charge is 0.303 e. The summed E-state index contributed by atoms with van der Waals surface area (Å²) in [6.07, 6.45) is 4.00. The van der Waals surface area contributed by atoms with E-state index in [1.165, 1.54) is 0 Å². The van der Waals surface area contributed by atoms with E-state index < -0.39 is 5.97 Å². The highest BCUT2D eigenvalue weighted by Gasteiger charge is 2.07. The highest BCUT2D eigenvalue weighted by molar-refractivity contribution is 5.67. The molecule has 0 saturated carbocycles. The van der Waals surface area contributed by atoms with Crippen LogP contribution in [0.3, 0.4) is 0 Å². The van der Waals surface area contributed by atoms with E-state index in [4.69, 9.17) is 10.8 Å². The monoisotopic (exact) mass is 171 g/mol. The zero-order valence-corrected chi connectivity index (χ0v) is 7.66. The molecule has 0 saturated heterocycles. The number of carbonyl (C=O) groups is 1. The highest BCUT2D eigenvalue weighted by atomic mass is 16.4. The van der Waals surface area contributed by atoms with Gasteiger partial charge in [0.2, 0.25) is 0 Å². The van der Waals surface area contributed by atoms with Gasteiger partial charge in [-0.3, -0.25) is 4.79 Å². The number of hydrogen-bond acceptors (Lipinski definition) is 2. The first-order valence-electron chi connectivity index (χ1n) is 4.16. The molecule has 70 valence electrons. The molecule has 0 aliphatic rings. The molecule has 3 nitrogen and oxygen atoms in total. The van der Waals surface area contributed by atoms with Gasteiger partial charge in [0, 0.05) is 0 Å². The molecule has 3 N–H and O–H groups in total. The third-order valence-corrected chi connectivity index (χ3v) is 1.51. The second-order valence-electron chi connectivity index (χ2n) is 3.22. The largest absolute Gasteiger partial charge is 0.481 e. The van der Waals surface area contributed by atoms with E-state index in [1.54, 1.807) is 0 Å². The maximum atomic E-state index is 10.3. The maximum Gasteiger partial charge on any atom is 0.303 e. The Hall–Kier alpha value is -0.830. The Balaban J connectivity index is 3.90. The van der Waals surface area contributed by atoms with Crippen LogP contribution in [0.5, 0.6) is 0 Å². The van der Waals surface area contributed by atoms with Crippen molar-refractivity contribution >= 4 is 5.97 Å². The molecule has 0 aromatic rings. The Kier molecular flexibility index (Phi) is 5.37. The summed E-state index contributed by atoms with van der Waals surface area (Å²) in [7, 11) is 0. The molecule has 0 aliphatic heterocycles. The molecule has 12 heavy (non-hydrogen) atoms. The van der Waals surface area contributed by atoms with Crippen LogP contribution in [-0.2, 0) is 4.79 Å². The normalized spacial score (nSPS) is 14.0. The van der Waals surface area contributed by atoms with E-state index >= 15 is 0 Å². The lowest BCUT2D eigenvalue weighted by atomic mass is 10.0. The van der Waals surface area contributed by atoms with E-state index in [2.05, 4.69) is 0 Å². The van der Waals surface area contributed by atoms with Crippen molar-refractivity contribution in [3.63, 3.8) is 0 Å². The van der Waals surface area contributed by atoms with Crippen molar-refractivity contribution in [1.29, 1.82) is 0 Å². The first-order chi connectivity index (χ1) is 5.56. The zero-order chi connectivity index (χ0) is 9.56. The van der Waals surface area contributed by atoms with Gasteiger partial charge in [-0.1, -0.05) is 26.0 Å². The molecular weight excluding hydrogens is 154 g/mol. The minimum Gasteiger partial charge on any atom is -0.481 e. The minimum atomic E-state index is -0.793.